The van der Waals surface area contributed by atoms with Crippen molar-refractivity contribution in [3.63, 3.8) is 0 Å². The average molecular weight is 409 g/mol. The molecule has 1 aromatic rings. The fourth-order valence-electron chi connectivity index (χ4n) is 3.59. The van der Waals surface area contributed by atoms with E-state index in [1.54, 1.807) is 7.05 Å². The summed E-state index contributed by atoms with van der Waals surface area (Å²) in [5.41, 5.74) is 1.03. The van der Waals surface area contributed by atoms with Crippen molar-refractivity contribution in [2.45, 2.75) is 32.4 Å². The van der Waals surface area contributed by atoms with E-state index in [2.05, 4.69) is 15.2 Å². The topological polar surface area (TPSA) is 66.4 Å². The minimum Gasteiger partial charge on any atom is -0.493 e. The number of nitrogens with zero attached hydrogens (tertiary/aromatic N) is 3. The van der Waals surface area contributed by atoms with E-state index in [1.165, 1.54) is 0 Å². The molecule has 0 aliphatic carbocycles. The number of rotatable bonds is 5. The van der Waals surface area contributed by atoms with E-state index in [1.807, 2.05) is 30.0 Å². The molecule has 0 aromatic heterocycles. The molecular weight excluding hydrogens is 380 g/mol. The Labute approximate surface area is 171 Å². The van der Waals surface area contributed by atoms with Crippen molar-refractivity contribution in [1.29, 1.82) is 0 Å². The van der Waals surface area contributed by atoms with E-state index in [4.69, 9.17) is 21.1 Å². The van der Waals surface area contributed by atoms with Crippen LogP contribution in [0.3, 0.4) is 0 Å². The van der Waals surface area contributed by atoms with E-state index in [0.717, 1.165) is 43.2 Å². The Balaban J connectivity index is 1.53. The molecule has 0 bridgehead atoms. The molecule has 1 aromatic carbocycles. The summed E-state index contributed by atoms with van der Waals surface area (Å²) in [6, 6.07) is 5.66. The number of carbonyl (C=O) groups is 1. The van der Waals surface area contributed by atoms with E-state index >= 15 is 0 Å². The van der Waals surface area contributed by atoms with Gasteiger partial charge in [0.05, 0.1) is 6.61 Å². The molecule has 0 radical (unpaired) electrons. The van der Waals surface area contributed by atoms with Crippen molar-refractivity contribution >= 4 is 23.5 Å². The highest BCUT2D eigenvalue weighted by Crippen LogP contribution is 2.23. The van der Waals surface area contributed by atoms with Crippen LogP contribution in [0.25, 0.3) is 0 Å². The quantitative estimate of drug-likeness (QED) is 0.597. The van der Waals surface area contributed by atoms with Gasteiger partial charge in [0.2, 0.25) is 0 Å². The molecule has 2 heterocycles. The summed E-state index contributed by atoms with van der Waals surface area (Å²) in [5, 5.41) is 4.05. The molecule has 3 rings (SSSR count). The van der Waals surface area contributed by atoms with Gasteiger partial charge in [0.25, 0.3) is 5.91 Å². The number of hydrogen-bond acceptors (Lipinski definition) is 4. The molecule has 2 aliphatic heterocycles. The van der Waals surface area contributed by atoms with Gasteiger partial charge in [-0.05, 0) is 31.9 Å². The molecule has 154 valence electrons. The first-order valence-electron chi connectivity index (χ1n) is 9.89. The SMILES string of the molecule is CCOc1cc(Cl)ccc1CNC(=NC)N1CCN(C(=O)C2CCCO2)CC1. The predicted molar refractivity (Wildman–Crippen MR) is 110 cm³/mol. The maximum absolute atomic E-state index is 12.5. The number of hydrogen-bond donors (Lipinski definition) is 1. The van der Waals surface area contributed by atoms with Gasteiger partial charge in [-0.3, -0.25) is 9.79 Å². The lowest BCUT2D eigenvalue weighted by Crippen LogP contribution is -2.55. The van der Waals surface area contributed by atoms with Crippen LogP contribution in [0.2, 0.25) is 5.02 Å². The van der Waals surface area contributed by atoms with Gasteiger partial charge < -0.3 is 24.6 Å². The summed E-state index contributed by atoms with van der Waals surface area (Å²) in [4.78, 5) is 21.0. The Morgan fingerprint density at radius 1 is 1.32 bits per heavy atom. The van der Waals surface area contributed by atoms with Crippen LogP contribution in [-0.4, -0.2) is 74.2 Å². The molecule has 2 aliphatic rings. The van der Waals surface area contributed by atoms with Gasteiger partial charge >= 0.3 is 0 Å². The zero-order valence-electron chi connectivity index (χ0n) is 16.6. The molecule has 8 heteroatoms. The Hall–Kier alpha value is -1.99. The van der Waals surface area contributed by atoms with Crippen molar-refractivity contribution < 1.29 is 14.3 Å². The standard InChI is InChI=1S/C20H29ClN4O3/c1-3-27-18-13-16(21)7-6-15(18)14-23-20(22-2)25-10-8-24(9-11-25)19(26)17-5-4-12-28-17/h6-7,13,17H,3-5,8-12,14H2,1-2H3,(H,22,23). The summed E-state index contributed by atoms with van der Waals surface area (Å²) < 4.78 is 11.2. The lowest BCUT2D eigenvalue weighted by Gasteiger charge is -2.37. The minimum absolute atomic E-state index is 0.127. The average Bonchev–Trinajstić information content (AvgIpc) is 3.25. The third-order valence-electron chi connectivity index (χ3n) is 5.07. The molecule has 28 heavy (non-hydrogen) atoms. The van der Waals surface area contributed by atoms with Gasteiger partial charge in [-0.15, -0.1) is 0 Å². The van der Waals surface area contributed by atoms with Gasteiger partial charge in [-0.1, -0.05) is 17.7 Å². The van der Waals surface area contributed by atoms with Crippen LogP contribution in [0, 0.1) is 0 Å². The fourth-order valence-corrected chi connectivity index (χ4v) is 3.75. The number of ether oxygens (including phenoxy) is 2. The second kappa shape index (κ2) is 9.98. The van der Waals surface area contributed by atoms with Gasteiger partial charge in [0.1, 0.15) is 11.9 Å². The molecular formula is C20H29ClN4O3. The van der Waals surface area contributed by atoms with Crippen LogP contribution in [0.4, 0.5) is 0 Å². The number of benzene rings is 1. The third-order valence-corrected chi connectivity index (χ3v) is 5.31. The first-order chi connectivity index (χ1) is 13.6. The number of nitrogens with one attached hydrogen (secondary N) is 1. The molecule has 7 nitrogen and oxygen atoms in total. The molecule has 0 spiro atoms. The maximum Gasteiger partial charge on any atom is 0.251 e. The summed E-state index contributed by atoms with van der Waals surface area (Å²) in [7, 11) is 1.78. The second-order valence-electron chi connectivity index (χ2n) is 6.90. The van der Waals surface area contributed by atoms with E-state index in [9.17, 15) is 4.79 Å². The normalized spacial score (nSPS) is 20.4. The smallest absolute Gasteiger partial charge is 0.251 e. The number of halogens is 1. The lowest BCUT2D eigenvalue weighted by molar-refractivity contribution is -0.142. The summed E-state index contributed by atoms with van der Waals surface area (Å²) in [6.45, 7) is 6.69. The van der Waals surface area contributed by atoms with Crippen LogP contribution in [0.5, 0.6) is 5.75 Å². The number of piperazine rings is 1. The largest absolute Gasteiger partial charge is 0.493 e. The molecule has 1 N–H and O–H groups in total. The van der Waals surface area contributed by atoms with E-state index < -0.39 is 0 Å². The van der Waals surface area contributed by atoms with Crippen molar-refractivity contribution in [3.8, 4) is 5.75 Å². The molecule has 1 atom stereocenters. The second-order valence-corrected chi connectivity index (χ2v) is 7.34. The number of aliphatic imine (C=N–C) groups is 1. The highest BCUT2D eigenvalue weighted by Gasteiger charge is 2.30. The maximum atomic E-state index is 12.5. The van der Waals surface area contributed by atoms with Gasteiger partial charge in [0.15, 0.2) is 5.96 Å². The van der Waals surface area contributed by atoms with Crippen LogP contribution >= 0.6 is 11.6 Å². The van der Waals surface area contributed by atoms with Crippen molar-refractivity contribution in [2.24, 2.45) is 4.99 Å². The van der Waals surface area contributed by atoms with E-state index in [0.29, 0.717) is 37.9 Å². The summed E-state index contributed by atoms with van der Waals surface area (Å²) in [6.07, 6.45) is 1.57. The zero-order valence-corrected chi connectivity index (χ0v) is 17.4. The van der Waals surface area contributed by atoms with E-state index in [-0.39, 0.29) is 12.0 Å². The molecule has 0 saturated carbocycles. The monoisotopic (exact) mass is 408 g/mol. The van der Waals surface area contributed by atoms with Crippen molar-refractivity contribution in [2.75, 3.05) is 46.4 Å². The minimum atomic E-state index is -0.245. The summed E-state index contributed by atoms with van der Waals surface area (Å²) in [5.74, 6) is 1.73. The van der Waals surface area contributed by atoms with Crippen LogP contribution in [0.15, 0.2) is 23.2 Å². The van der Waals surface area contributed by atoms with Crippen LogP contribution < -0.4 is 10.1 Å². The first kappa shape index (κ1) is 20.7. The molecule has 2 saturated heterocycles. The third kappa shape index (κ3) is 5.08. The molecule has 1 amide bonds. The van der Waals surface area contributed by atoms with Crippen LogP contribution in [-0.2, 0) is 16.1 Å². The number of guanidine groups is 1. The first-order valence-corrected chi connectivity index (χ1v) is 10.3. The predicted octanol–water partition coefficient (Wildman–Crippen LogP) is 2.14. The highest BCUT2D eigenvalue weighted by atomic mass is 35.5. The Kier molecular flexibility index (Phi) is 7.39. The Morgan fingerprint density at radius 3 is 2.71 bits per heavy atom. The molecule has 1 unspecified atom stereocenters. The summed E-state index contributed by atoms with van der Waals surface area (Å²) >= 11 is 6.08. The lowest BCUT2D eigenvalue weighted by atomic mass is 10.2. The Bertz CT molecular complexity index is 699. The van der Waals surface area contributed by atoms with Crippen molar-refractivity contribution in [1.82, 2.24) is 15.1 Å². The number of amides is 1. The molecule has 2 fully saturated rings. The zero-order chi connectivity index (χ0) is 19.9. The van der Waals surface area contributed by atoms with Crippen LogP contribution in [0.1, 0.15) is 25.3 Å². The van der Waals surface area contributed by atoms with Crippen molar-refractivity contribution in [3.05, 3.63) is 28.8 Å². The Morgan fingerprint density at radius 2 is 2.07 bits per heavy atom. The highest BCUT2D eigenvalue weighted by molar-refractivity contribution is 6.30. The van der Waals surface area contributed by atoms with Gasteiger partial charge in [0, 0.05) is 57.0 Å². The van der Waals surface area contributed by atoms with Gasteiger partial charge in [-0.25, -0.2) is 0 Å². The van der Waals surface area contributed by atoms with Gasteiger partial charge in [-0.2, -0.15) is 0 Å². The number of carbonyl (C=O) groups excluding carboxylic acids is 1. The fraction of sp³-hybridized carbons (Fsp3) is 0.600.